The van der Waals surface area contributed by atoms with Crippen molar-refractivity contribution in [3.05, 3.63) is 101 Å². The van der Waals surface area contributed by atoms with Crippen LogP contribution in [0.25, 0.3) is 11.0 Å². The van der Waals surface area contributed by atoms with E-state index in [0.717, 1.165) is 23.1 Å². The molecule has 0 spiro atoms. The van der Waals surface area contributed by atoms with E-state index in [2.05, 4.69) is 14.1 Å². The molecule has 1 N–H and O–H groups in total. The van der Waals surface area contributed by atoms with Crippen LogP contribution in [0.15, 0.2) is 77.2 Å². The number of nitrogens with one attached hydrogen (secondary N) is 1. The van der Waals surface area contributed by atoms with Gasteiger partial charge < -0.3 is 19.2 Å². The molecule has 1 amide bonds. The van der Waals surface area contributed by atoms with Crippen molar-refractivity contribution >= 4 is 40.1 Å². The maximum Gasteiger partial charge on any atom is 0.255 e. The van der Waals surface area contributed by atoms with Gasteiger partial charge in [0.25, 0.3) is 5.91 Å². The minimum atomic E-state index is -0.401. The predicted octanol–water partition coefficient (Wildman–Crippen LogP) is 5.66. The van der Waals surface area contributed by atoms with Crippen LogP contribution in [0.4, 0.5) is 5.69 Å². The smallest absolute Gasteiger partial charge is 0.255 e. The maximum atomic E-state index is 13.3. The van der Waals surface area contributed by atoms with Gasteiger partial charge in [0.2, 0.25) is 5.78 Å². The monoisotopic (exact) mass is 499 g/mol. The molecule has 9 heteroatoms. The summed E-state index contributed by atoms with van der Waals surface area (Å²) in [7, 11) is 1.56. The highest BCUT2D eigenvalue weighted by Crippen LogP contribution is 2.33. The molecule has 0 saturated heterocycles. The first-order chi connectivity index (χ1) is 17.5. The van der Waals surface area contributed by atoms with Gasteiger partial charge in [-0.3, -0.25) is 9.59 Å². The van der Waals surface area contributed by atoms with Gasteiger partial charge in [0, 0.05) is 16.5 Å². The molecule has 5 rings (SSSR count). The number of aryl methyl sites for hydroxylation is 1. The van der Waals surface area contributed by atoms with Crippen molar-refractivity contribution in [2.45, 2.75) is 13.5 Å². The van der Waals surface area contributed by atoms with Crippen molar-refractivity contribution in [2.24, 2.45) is 0 Å². The van der Waals surface area contributed by atoms with Crippen LogP contribution in [0.2, 0.25) is 0 Å². The second-order valence-electron chi connectivity index (χ2n) is 7.93. The number of rotatable bonds is 8. The highest BCUT2D eigenvalue weighted by atomic mass is 32.1. The third-order valence-corrected chi connectivity index (χ3v) is 6.27. The number of carbonyl (C=O) groups excluding carboxylic acids is 2. The number of methoxy groups -OCH3 is 1. The Morgan fingerprint density at radius 1 is 0.944 bits per heavy atom. The molecule has 36 heavy (non-hydrogen) atoms. The standard InChI is InChI=1S/C27H21N3O5S/c1-16-22(30-36-29-16)15-34-20-7-5-6-18(14-20)27(32)28-24-21-8-3-4-9-23(21)35-26(24)25(31)17-10-12-19(33-2)13-11-17/h3-14H,15H2,1-2H3,(H,28,32). The Labute approximate surface area is 210 Å². The van der Waals surface area contributed by atoms with Crippen molar-refractivity contribution in [1.82, 2.24) is 8.75 Å². The lowest BCUT2D eigenvalue weighted by Crippen LogP contribution is -2.14. The van der Waals surface area contributed by atoms with Gasteiger partial charge in [-0.1, -0.05) is 18.2 Å². The van der Waals surface area contributed by atoms with Crippen molar-refractivity contribution in [3.63, 3.8) is 0 Å². The number of aromatic nitrogens is 2. The Bertz CT molecular complexity index is 1560. The average Bonchev–Trinajstić information content (AvgIpc) is 3.50. The Balaban J connectivity index is 1.42. The molecule has 8 nitrogen and oxygen atoms in total. The molecule has 0 aliphatic rings. The van der Waals surface area contributed by atoms with E-state index in [1.165, 1.54) is 0 Å². The van der Waals surface area contributed by atoms with Gasteiger partial charge in [-0.25, -0.2) is 0 Å². The van der Waals surface area contributed by atoms with Gasteiger partial charge in [0.1, 0.15) is 29.4 Å². The molecule has 0 fully saturated rings. The van der Waals surface area contributed by atoms with E-state index in [0.29, 0.717) is 39.3 Å². The van der Waals surface area contributed by atoms with Gasteiger partial charge in [-0.15, -0.1) is 0 Å². The van der Waals surface area contributed by atoms with Crippen molar-refractivity contribution < 1.29 is 23.5 Å². The molecule has 0 bridgehead atoms. The highest BCUT2D eigenvalue weighted by Gasteiger charge is 2.24. The van der Waals surface area contributed by atoms with Crippen LogP contribution in [0.5, 0.6) is 11.5 Å². The van der Waals surface area contributed by atoms with Gasteiger partial charge >= 0.3 is 0 Å². The number of nitrogens with zero attached hydrogens (tertiary/aromatic N) is 2. The third kappa shape index (κ3) is 4.69. The Morgan fingerprint density at radius 2 is 1.75 bits per heavy atom. The number of benzene rings is 3. The first-order valence-corrected chi connectivity index (χ1v) is 11.8. The molecule has 2 aromatic heterocycles. The molecule has 180 valence electrons. The van der Waals surface area contributed by atoms with Gasteiger partial charge in [-0.05, 0) is 61.5 Å². The molecule has 3 aromatic carbocycles. The largest absolute Gasteiger partial charge is 0.497 e. The lowest BCUT2D eigenvalue weighted by molar-refractivity contribution is 0.101. The van der Waals surface area contributed by atoms with Gasteiger partial charge in [-0.2, -0.15) is 8.75 Å². The molecule has 0 unspecified atom stereocenters. The van der Waals surface area contributed by atoms with Crippen LogP contribution < -0.4 is 14.8 Å². The number of amides is 1. The summed E-state index contributed by atoms with van der Waals surface area (Å²) in [4.78, 5) is 26.6. The number of ether oxygens (including phenoxy) is 2. The quantitative estimate of drug-likeness (QED) is 0.275. The Morgan fingerprint density at radius 3 is 2.50 bits per heavy atom. The van der Waals surface area contributed by atoms with E-state index < -0.39 is 5.91 Å². The summed E-state index contributed by atoms with van der Waals surface area (Å²) in [6, 6.07) is 20.7. The van der Waals surface area contributed by atoms with Crippen molar-refractivity contribution in [1.29, 1.82) is 0 Å². The van der Waals surface area contributed by atoms with E-state index >= 15 is 0 Å². The first-order valence-electron chi connectivity index (χ1n) is 11.1. The zero-order valence-corrected chi connectivity index (χ0v) is 20.3. The summed E-state index contributed by atoms with van der Waals surface area (Å²) in [6.07, 6.45) is 0. The fraction of sp³-hybridized carbons (Fsp3) is 0.111. The van der Waals surface area contributed by atoms with Crippen LogP contribution in [0.1, 0.15) is 37.9 Å². The summed E-state index contributed by atoms with van der Waals surface area (Å²) < 4.78 is 25.2. The predicted molar refractivity (Wildman–Crippen MR) is 136 cm³/mol. The highest BCUT2D eigenvalue weighted by molar-refractivity contribution is 6.99. The van der Waals surface area contributed by atoms with E-state index in [9.17, 15) is 9.59 Å². The molecule has 0 aliphatic heterocycles. The molecule has 0 aliphatic carbocycles. The summed E-state index contributed by atoms with van der Waals surface area (Å²) in [5.41, 5.74) is 3.15. The summed E-state index contributed by atoms with van der Waals surface area (Å²) in [5, 5.41) is 3.50. The SMILES string of the molecule is COc1ccc(C(=O)c2oc3ccccc3c2NC(=O)c2cccc(OCc3nsnc3C)c2)cc1. The van der Waals surface area contributed by atoms with E-state index in [-0.39, 0.29) is 18.2 Å². The van der Waals surface area contributed by atoms with E-state index in [4.69, 9.17) is 13.9 Å². The van der Waals surface area contributed by atoms with Gasteiger partial charge in [0.15, 0.2) is 5.76 Å². The number of ketones is 1. The minimum Gasteiger partial charge on any atom is -0.497 e. The number of fused-ring (bicyclic) bond motifs is 1. The lowest BCUT2D eigenvalue weighted by Gasteiger charge is -2.09. The summed E-state index contributed by atoms with van der Waals surface area (Å²) in [5.74, 6) is 0.444. The molecule has 2 heterocycles. The number of para-hydroxylation sites is 1. The zero-order valence-electron chi connectivity index (χ0n) is 19.5. The fourth-order valence-electron chi connectivity index (χ4n) is 3.65. The van der Waals surface area contributed by atoms with Crippen molar-refractivity contribution in [2.75, 3.05) is 12.4 Å². The van der Waals surface area contributed by atoms with Crippen LogP contribution in [0.3, 0.4) is 0 Å². The lowest BCUT2D eigenvalue weighted by atomic mass is 10.1. The summed E-state index contributed by atoms with van der Waals surface area (Å²) in [6.45, 7) is 2.12. The zero-order chi connectivity index (χ0) is 25.1. The molecule has 5 aromatic rings. The Hall–Kier alpha value is -4.50. The number of carbonyl (C=O) groups is 2. The van der Waals surface area contributed by atoms with Crippen LogP contribution in [0, 0.1) is 6.92 Å². The van der Waals surface area contributed by atoms with Crippen LogP contribution in [-0.4, -0.2) is 27.5 Å². The molecule has 0 radical (unpaired) electrons. The second kappa shape index (κ2) is 10.0. The topological polar surface area (TPSA) is 104 Å². The second-order valence-corrected chi connectivity index (χ2v) is 8.46. The molecular formula is C27H21N3O5S. The summed E-state index contributed by atoms with van der Waals surface area (Å²) >= 11 is 1.13. The molecule has 0 saturated carbocycles. The first kappa shape index (κ1) is 23.3. The Kier molecular flexibility index (Phi) is 6.46. The van der Waals surface area contributed by atoms with Crippen molar-refractivity contribution in [3.8, 4) is 11.5 Å². The maximum absolute atomic E-state index is 13.3. The fourth-order valence-corrected chi connectivity index (χ4v) is 4.20. The van der Waals surface area contributed by atoms with Crippen LogP contribution in [-0.2, 0) is 6.61 Å². The normalized spacial score (nSPS) is 10.8. The minimum absolute atomic E-state index is 0.0497. The molecular weight excluding hydrogens is 478 g/mol. The van der Waals surface area contributed by atoms with Crippen LogP contribution >= 0.6 is 11.7 Å². The van der Waals surface area contributed by atoms with E-state index in [1.54, 1.807) is 73.8 Å². The number of hydrogen-bond acceptors (Lipinski definition) is 8. The average molecular weight is 500 g/mol. The van der Waals surface area contributed by atoms with Gasteiger partial charge in [0.05, 0.1) is 30.2 Å². The third-order valence-electron chi connectivity index (χ3n) is 5.61. The van der Waals surface area contributed by atoms with E-state index in [1.807, 2.05) is 13.0 Å². The number of hydrogen-bond donors (Lipinski definition) is 1. The number of furan rings is 1. The number of anilines is 1. The molecule has 0 atom stereocenters.